The maximum atomic E-state index is 12.3. The number of allylic oxidation sites excluding steroid dienone is 2. The number of ether oxygens (including phenoxy) is 3. The molecule has 0 aliphatic carbocycles. The molecule has 0 N–H and O–H groups in total. The molecule has 3 heterocycles. The molecule has 0 atom stereocenters. The third-order valence-corrected chi connectivity index (χ3v) is 5.35. The molecule has 3 aliphatic rings. The number of anilines is 1. The van der Waals surface area contributed by atoms with Gasteiger partial charge in [0.2, 0.25) is 0 Å². The quantitative estimate of drug-likeness (QED) is 0.675. The van der Waals surface area contributed by atoms with Gasteiger partial charge in [0, 0.05) is 49.6 Å². The zero-order valence-electron chi connectivity index (χ0n) is 17.7. The van der Waals surface area contributed by atoms with E-state index in [0.29, 0.717) is 19.8 Å². The van der Waals surface area contributed by atoms with Crippen LogP contribution in [0.5, 0.6) is 5.75 Å². The number of nitrogens with zero attached hydrogens (tertiary/aromatic N) is 2. The maximum absolute atomic E-state index is 12.3. The molecule has 5 nitrogen and oxygen atoms in total. The lowest BCUT2D eigenvalue weighted by atomic mass is 10.0. The average Bonchev–Trinajstić information content (AvgIpc) is 3.18. The topological polar surface area (TPSA) is 34.2 Å². The summed E-state index contributed by atoms with van der Waals surface area (Å²) in [6.07, 6.45) is 1.27. The molecule has 2 fully saturated rings. The number of halogens is 3. The van der Waals surface area contributed by atoms with E-state index in [1.165, 1.54) is 17.8 Å². The summed E-state index contributed by atoms with van der Waals surface area (Å²) in [6, 6.07) is 5.94. The molecule has 3 aliphatic heterocycles. The van der Waals surface area contributed by atoms with Crippen molar-refractivity contribution in [3.63, 3.8) is 0 Å². The molecule has 166 valence electrons. The van der Waals surface area contributed by atoms with Gasteiger partial charge < -0.3 is 24.0 Å². The number of likely N-dealkylation sites (tertiary alicyclic amines) is 1. The second-order valence-corrected chi connectivity index (χ2v) is 7.16. The molecule has 0 unspecified atom stereocenters. The van der Waals surface area contributed by atoms with Crippen molar-refractivity contribution >= 4 is 5.69 Å². The van der Waals surface area contributed by atoms with Gasteiger partial charge in [-0.25, -0.2) is 0 Å². The van der Waals surface area contributed by atoms with Crippen LogP contribution in [0.1, 0.15) is 33.6 Å². The van der Waals surface area contributed by atoms with Crippen molar-refractivity contribution in [3.05, 3.63) is 47.8 Å². The Hall–Kier alpha value is -2.19. The Morgan fingerprint density at radius 3 is 2.13 bits per heavy atom. The Morgan fingerprint density at radius 2 is 1.60 bits per heavy atom. The molecule has 1 aromatic carbocycles. The second-order valence-electron chi connectivity index (χ2n) is 7.16. The molecule has 1 spiro atoms. The minimum Gasteiger partial charge on any atom is -0.406 e. The standard InChI is InChI=1S/C20H23F3N2O3.C2H6/c1-15-14-17(24-10-7-19(8-11-24)26-12-13-27-19)6-9-25(15)16-2-4-18(5-3-16)28-20(21,22)23;1-2/h2-6,14H,7-13H2,1H3;1-2H3. The normalized spacial score (nSPS) is 21.0. The van der Waals surface area contributed by atoms with Gasteiger partial charge in [0.15, 0.2) is 5.79 Å². The van der Waals surface area contributed by atoms with Gasteiger partial charge >= 0.3 is 6.36 Å². The van der Waals surface area contributed by atoms with Crippen LogP contribution < -0.4 is 9.64 Å². The highest BCUT2D eigenvalue weighted by atomic mass is 19.4. The minimum atomic E-state index is -4.68. The van der Waals surface area contributed by atoms with Gasteiger partial charge in [0.1, 0.15) is 5.75 Å². The summed E-state index contributed by atoms with van der Waals surface area (Å²) in [6.45, 7) is 9.75. The maximum Gasteiger partial charge on any atom is 0.573 e. The molecule has 0 saturated carbocycles. The lowest BCUT2D eigenvalue weighted by Gasteiger charge is -2.40. The molecule has 0 radical (unpaired) electrons. The van der Waals surface area contributed by atoms with E-state index in [1.807, 2.05) is 20.8 Å². The zero-order chi connectivity index (χ0) is 21.8. The van der Waals surface area contributed by atoms with Gasteiger partial charge in [-0.15, -0.1) is 13.2 Å². The van der Waals surface area contributed by atoms with E-state index in [0.717, 1.165) is 37.3 Å². The van der Waals surface area contributed by atoms with Crippen LogP contribution in [-0.4, -0.2) is 49.9 Å². The van der Waals surface area contributed by atoms with E-state index in [1.54, 1.807) is 12.1 Å². The first kappa shape index (κ1) is 22.5. The summed E-state index contributed by atoms with van der Waals surface area (Å²) in [4.78, 5) is 4.38. The van der Waals surface area contributed by atoms with Crippen LogP contribution in [-0.2, 0) is 9.47 Å². The monoisotopic (exact) mass is 426 g/mol. The molecular weight excluding hydrogens is 397 g/mol. The van der Waals surface area contributed by atoms with Crippen molar-refractivity contribution in [2.75, 3.05) is 37.7 Å². The first-order chi connectivity index (χ1) is 14.3. The fourth-order valence-electron chi connectivity index (χ4n) is 3.93. The highest BCUT2D eigenvalue weighted by Gasteiger charge is 2.40. The first-order valence-corrected chi connectivity index (χ1v) is 10.4. The minimum absolute atomic E-state index is 0.218. The smallest absolute Gasteiger partial charge is 0.406 e. The summed E-state index contributed by atoms with van der Waals surface area (Å²) >= 11 is 0. The van der Waals surface area contributed by atoms with Gasteiger partial charge in [0.05, 0.1) is 13.2 Å². The number of alkyl halides is 3. The summed E-state index contributed by atoms with van der Waals surface area (Å²) < 4.78 is 52.4. The fraction of sp³-hybridized carbons (Fsp3) is 0.545. The van der Waals surface area contributed by atoms with Gasteiger partial charge in [-0.2, -0.15) is 0 Å². The van der Waals surface area contributed by atoms with E-state index >= 15 is 0 Å². The van der Waals surface area contributed by atoms with Crippen molar-refractivity contribution in [1.29, 1.82) is 0 Å². The van der Waals surface area contributed by atoms with E-state index in [4.69, 9.17) is 9.47 Å². The predicted octanol–water partition coefficient (Wildman–Crippen LogP) is 5.06. The number of hydrogen-bond donors (Lipinski definition) is 0. The fourth-order valence-corrected chi connectivity index (χ4v) is 3.93. The lowest BCUT2D eigenvalue weighted by molar-refractivity contribution is -0.274. The summed E-state index contributed by atoms with van der Waals surface area (Å²) in [7, 11) is 0. The third kappa shape index (κ3) is 5.29. The van der Waals surface area contributed by atoms with Gasteiger partial charge in [-0.3, -0.25) is 0 Å². The Morgan fingerprint density at radius 1 is 1.00 bits per heavy atom. The van der Waals surface area contributed by atoms with Crippen LogP contribution in [0, 0.1) is 0 Å². The summed E-state index contributed by atoms with van der Waals surface area (Å²) in [5.74, 6) is -0.610. The molecule has 30 heavy (non-hydrogen) atoms. The van der Waals surface area contributed by atoms with Gasteiger partial charge in [-0.05, 0) is 43.3 Å². The molecule has 4 rings (SSSR count). The van der Waals surface area contributed by atoms with Crippen LogP contribution in [0.3, 0.4) is 0 Å². The van der Waals surface area contributed by atoms with Crippen LogP contribution in [0.25, 0.3) is 0 Å². The van der Waals surface area contributed by atoms with Gasteiger partial charge in [-0.1, -0.05) is 13.8 Å². The number of hydrogen-bond acceptors (Lipinski definition) is 5. The van der Waals surface area contributed by atoms with Crippen molar-refractivity contribution in [3.8, 4) is 5.75 Å². The summed E-state index contributed by atoms with van der Waals surface area (Å²) in [5.41, 5.74) is 3.03. The van der Waals surface area contributed by atoms with Crippen LogP contribution in [0.15, 0.2) is 47.8 Å². The molecule has 8 heteroatoms. The first-order valence-electron chi connectivity index (χ1n) is 10.4. The highest BCUT2D eigenvalue weighted by Crippen LogP contribution is 2.34. The molecule has 1 aromatic rings. The Bertz CT molecular complexity index is 759. The molecule has 0 bridgehead atoms. The number of piperidine rings is 1. The Balaban J connectivity index is 0.00000124. The van der Waals surface area contributed by atoms with Crippen molar-refractivity contribution in [1.82, 2.24) is 4.90 Å². The van der Waals surface area contributed by atoms with Crippen LogP contribution in [0.4, 0.5) is 18.9 Å². The van der Waals surface area contributed by atoms with Crippen LogP contribution in [0.2, 0.25) is 0 Å². The van der Waals surface area contributed by atoms with E-state index in [2.05, 4.69) is 26.7 Å². The van der Waals surface area contributed by atoms with E-state index in [9.17, 15) is 13.2 Å². The Labute approximate surface area is 175 Å². The van der Waals surface area contributed by atoms with Gasteiger partial charge in [0.25, 0.3) is 0 Å². The predicted molar refractivity (Wildman–Crippen MR) is 109 cm³/mol. The Kier molecular flexibility index (Phi) is 6.98. The summed E-state index contributed by atoms with van der Waals surface area (Å²) in [5, 5.41) is 0. The third-order valence-electron chi connectivity index (χ3n) is 5.35. The SMILES string of the molecule is CC.CC1=CC(N2CCC3(CC2)OCCO3)=CCN1c1ccc(OC(F)(F)F)cc1. The zero-order valence-corrected chi connectivity index (χ0v) is 17.7. The number of benzene rings is 1. The molecule has 0 aromatic heterocycles. The van der Waals surface area contributed by atoms with Crippen molar-refractivity contribution in [2.24, 2.45) is 0 Å². The molecule has 2 saturated heterocycles. The van der Waals surface area contributed by atoms with Crippen LogP contribution >= 0.6 is 0 Å². The van der Waals surface area contributed by atoms with E-state index in [-0.39, 0.29) is 5.75 Å². The number of rotatable bonds is 3. The van der Waals surface area contributed by atoms with E-state index < -0.39 is 12.1 Å². The molecular formula is C22H29F3N2O3. The lowest BCUT2D eigenvalue weighted by Crippen LogP contribution is -2.45. The largest absolute Gasteiger partial charge is 0.573 e. The molecule has 0 amide bonds. The highest BCUT2D eigenvalue weighted by molar-refractivity contribution is 5.56. The van der Waals surface area contributed by atoms with Crippen molar-refractivity contribution < 1.29 is 27.4 Å². The second kappa shape index (κ2) is 9.31. The average molecular weight is 426 g/mol. The van der Waals surface area contributed by atoms with Crippen molar-refractivity contribution in [2.45, 2.75) is 45.8 Å².